The van der Waals surface area contributed by atoms with Gasteiger partial charge in [-0.25, -0.2) is 0 Å². The van der Waals surface area contributed by atoms with Gasteiger partial charge in [-0.15, -0.1) is 0 Å². The van der Waals surface area contributed by atoms with Crippen molar-refractivity contribution in [2.24, 2.45) is 50.2 Å². The first kappa shape index (κ1) is 30.0. The van der Waals surface area contributed by atoms with E-state index in [1.807, 2.05) is 56.3 Å². The molecule has 0 aliphatic heterocycles. The highest BCUT2D eigenvalue weighted by molar-refractivity contribution is 6.04. The van der Waals surface area contributed by atoms with Gasteiger partial charge in [0.15, 0.2) is 11.6 Å². The number of nitrogens with zero attached hydrogens (tertiary/aromatic N) is 1. The zero-order chi connectivity index (χ0) is 31.2. The third-order valence-corrected chi connectivity index (χ3v) is 13.5. The second-order valence-corrected chi connectivity index (χ2v) is 16.5. The Morgan fingerprint density at radius 3 is 2.30 bits per heavy atom. The first-order valence-electron chi connectivity index (χ1n) is 16.2. The van der Waals surface area contributed by atoms with Crippen LogP contribution in [0.1, 0.15) is 99.0 Å². The molecule has 0 saturated heterocycles. The van der Waals surface area contributed by atoms with E-state index in [1.54, 1.807) is 0 Å². The SMILES string of the molecule is CC1(C)CC[C@]2(C(=O)OCc3ccccc3)CC[C@]3(C)C(C(=O)C=C4[C@@]5(C)C=C(C#N)C(=O)C(C)(C)C5CC[C@]43C)C2C1. The average Bonchev–Trinajstić information content (AvgIpc) is 2.95. The van der Waals surface area contributed by atoms with Crippen molar-refractivity contribution < 1.29 is 19.1 Å². The first-order chi connectivity index (χ1) is 20.1. The Balaban J connectivity index is 1.44. The summed E-state index contributed by atoms with van der Waals surface area (Å²) in [7, 11) is 0. The summed E-state index contributed by atoms with van der Waals surface area (Å²) in [6.45, 7) is 15.5. The van der Waals surface area contributed by atoms with Crippen molar-refractivity contribution in [3.8, 4) is 6.07 Å². The molecular formula is C38H47NO4. The van der Waals surface area contributed by atoms with Crippen LogP contribution in [-0.2, 0) is 25.7 Å². The minimum absolute atomic E-state index is 0.0149. The lowest BCUT2D eigenvalue weighted by molar-refractivity contribution is -0.194. The van der Waals surface area contributed by atoms with Crippen LogP contribution in [0.4, 0.5) is 0 Å². The maximum atomic E-state index is 14.7. The summed E-state index contributed by atoms with van der Waals surface area (Å²) in [5.74, 6) is -0.482. The maximum absolute atomic E-state index is 14.7. The maximum Gasteiger partial charge on any atom is 0.312 e. The highest BCUT2D eigenvalue weighted by Gasteiger charge is 2.71. The molecule has 5 nitrogen and oxygen atoms in total. The Hall–Kier alpha value is -3.00. The van der Waals surface area contributed by atoms with Gasteiger partial charge in [-0.2, -0.15) is 5.26 Å². The first-order valence-corrected chi connectivity index (χ1v) is 16.2. The molecule has 0 bridgehead atoms. The van der Waals surface area contributed by atoms with Gasteiger partial charge in [0.1, 0.15) is 12.7 Å². The minimum Gasteiger partial charge on any atom is -0.460 e. The summed E-state index contributed by atoms with van der Waals surface area (Å²) in [6, 6.07) is 12.0. The van der Waals surface area contributed by atoms with Gasteiger partial charge in [0, 0.05) is 16.7 Å². The fraction of sp³-hybridized carbons (Fsp3) is 0.632. The van der Waals surface area contributed by atoms with Crippen LogP contribution in [0.2, 0.25) is 0 Å². The van der Waals surface area contributed by atoms with Crippen LogP contribution in [0.3, 0.4) is 0 Å². The summed E-state index contributed by atoms with van der Waals surface area (Å²) in [5.41, 5.74) is -0.267. The Labute approximate surface area is 257 Å². The van der Waals surface area contributed by atoms with Gasteiger partial charge < -0.3 is 4.74 Å². The second kappa shape index (κ2) is 9.50. The van der Waals surface area contributed by atoms with Crippen LogP contribution >= 0.6 is 0 Å². The molecule has 0 spiro atoms. The molecular weight excluding hydrogens is 534 g/mol. The van der Waals surface area contributed by atoms with Crippen LogP contribution in [-0.4, -0.2) is 17.5 Å². The number of nitriles is 1. The summed E-state index contributed by atoms with van der Waals surface area (Å²) in [6.07, 6.45) is 9.52. The molecule has 1 aromatic carbocycles. The fourth-order valence-corrected chi connectivity index (χ4v) is 10.9. The van der Waals surface area contributed by atoms with Crippen molar-refractivity contribution in [3.63, 3.8) is 0 Å². The van der Waals surface area contributed by atoms with Crippen molar-refractivity contribution in [3.05, 3.63) is 59.2 Å². The van der Waals surface area contributed by atoms with Crippen molar-refractivity contribution in [1.29, 1.82) is 5.26 Å². The number of ketones is 2. The zero-order valence-corrected chi connectivity index (χ0v) is 27.0. The van der Waals surface area contributed by atoms with E-state index < -0.39 is 16.2 Å². The number of carbonyl (C=O) groups excluding carboxylic acids is 3. The number of Topliss-reactive ketones (excluding diaryl/α,β-unsaturated/α-hetero) is 1. The van der Waals surface area contributed by atoms with Crippen LogP contribution in [0.15, 0.2) is 53.6 Å². The summed E-state index contributed by atoms with van der Waals surface area (Å²) in [5, 5.41) is 9.95. The van der Waals surface area contributed by atoms with Crippen LogP contribution in [0.5, 0.6) is 0 Å². The molecule has 0 amide bonds. The average molecular weight is 582 g/mol. The number of esters is 1. The van der Waals surface area contributed by atoms with Gasteiger partial charge in [0.2, 0.25) is 0 Å². The minimum atomic E-state index is -0.685. The lowest BCUT2D eigenvalue weighted by Gasteiger charge is -2.68. The number of allylic oxidation sites excluding steroid dienone is 4. The van der Waals surface area contributed by atoms with Crippen molar-refractivity contribution in [2.75, 3.05) is 0 Å². The monoisotopic (exact) mass is 581 g/mol. The van der Waals surface area contributed by atoms with Crippen molar-refractivity contribution in [1.82, 2.24) is 0 Å². The van der Waals surface area contributed by atoms with E-state index in [2.05, 4.69) is 40.7 Å². The Bertz CT molecular complexity index is 1490. The molecule has 3 unspecified atom stereocenters. The Kier molecular flexibility index (Phi) is 6.64. The standard InChI is InChI=1S/C38H47NO4/c1-33(2)15-17-38(32(42)43-23-24-11-9-8-10-12-24)18-16-37(7)30(26(38)21-33)27(40)19-29-35(5)20-25(22-39)31(41)34(3,4)28(35)13-14-36(29,37)6/h8-12,19-20,26,28,30H,13-18,21,23H2,1-7H3/t26?,28?,30?,35-,36+,37+,38-/m0/s1. The van der Waals surface area contributed by atoms with E-state index in [4.69, 9.17) is 4.74 Å². The van der Waals surface area contributed by atoms with E-state index in [0.717, 1.165) is 49.7 Å². The number of rotatable bonds is 3. The van der Waals surface area contributed by atoms with Crippen LogP contribution < -0.4 is 0 Å². The topological polar surface area (TPSA) is 84.2 Å². The number of carbonyl (C=O) groups is 3. The molecule has 3 saturated carbocycles. The van der Waals surface area contributed by atoms with Crippen molar-refractivity contribution in [2.45, 2.75) is 100 Å². The molecule has 6 rings (SSSR count). The Morgan fingerprint density at radius 1 is 0.953 bits per heavy atom. The van der Waals surface area contributed by atoms with E-state index >= 15 is 0 Å². The molecule has 0 radical (unpaired) electrons. The molecule has 7 atom stereocenters. The van der Waals surface area contributed by atoms with Gasteiger partial charge in [-0.3, -0.25) is 14.4 Å². The molecule has 43 heavy (non-hydrogen) atoms. The largest absolute Gasteiger partial charge is 0.460 e. The summed E-state index contributed by atoms with van der Waals surface area (Å²) in [4.78, 5) is 42.1. The molecule has 0 heterocycles. The fourth-order valence-electron chi connectivity index (χ4n) is 10.9. The van der Waals surface area contributed by atoms with Gasteiger partial charge >= 0.3 is 5.97 Å². The highest BCUT2D eigenvalue weighted by atomic mass is 16.5. The second-order valence-electron chi connectivity index (χ2n) is 16.5. The third kappa shape index (κ3) is 4.04. The van der Waals surface area contributed by atoms with Gasteiger partial charge in [-0.05, 0) is 84.7 Å². The van der Waals surface area contributed by atoms with Gasteiger partial charge in [0.05, 0.1) is 11.0 Å². The normalized spacial score (nSPS) is 40.8. The molecule has 228 valence electrons. The predicted molar refractivity (Wildman–Crippen MR) is 165 cm³/mol. The molecule has 1 aromatic rings. The molecule has 3 fully saturated rings. The lowest BCUT2D eigenvalue weighted by atomic mass is 9.34. The number of fused-ring (bicyclic) bond motifs is 7. The summed E-state index contributed by atoms with van der Waals surface area (Å²) >= 11 is 0. The molecule has 0 N–H and O–H groups in total. The number of benzene rings is 1. The number of hydrogen-bond acceptors (Lipinski definition) is 5. The molecule has 5 heteroatoms. The number of hydrogen-bond donors (Lipinski definition) is 0. The molecule has 5 aliphatic carbocycles. The zero-order valence-electron chi connectivity index (χ0n) is 27.0. The highest BCUT2D eigenvalue weighted by Crippen LogP contribution is 2.74. The van der Waals surface area contributed by atoms with Crippen molar-refractivity contribution >= 4 is 17.5 Å². The molecule has 5 aliphatic rings. The predicted octanol–water partition coefficient (Wildman–Crippen LogP) is 7.95. The molecule has 0 aromatic heterocycles. The van der Waals surface area contributed by atoms with Crippen LogP contribution in [0.25, 0.3) is 0 Å². The third-order valence-electron chi connectivity index (χ3n) is 13.5. The number of ether oxygens (including phenoxy) is 1. The van der Waals surface area contributed by atoms with E-state index in [-0.39, 0.29) is 63.7 Å². The smallest absolute Gasteiger partial charge is 0.312 e. The Morgan fingerprint density at radius 2 is 1.63 bits per heavy atom. The summed E-state index contributed by atoms with van der Waals surface area (Å²) < 4.78 is 6.08. The van der Waals surface area contributed by atoms with E-state index in [9.17, 15) is 19.6 Å². The van der Waals surface area contributed by atoms with Crippen LogP contribution in [0, 0.1) is 61.6 Å². The van der Waals surface area contributed by atoms with Gasteiger partial charge in [0.25, 0.3) is 0 Å². The van der Waals surface area contributed by atoms with Gasteiger partial charge in [-0.1, -0.05) is 90.4 Å². The quantitative estimate of drug-likeness (QED) is 0.338. The van der Waals surface area contributed by atoms with E-state index in [0.29, 0.717) is 6.42 Å². The van der Waals surface area contributed by atoms with E-state index in [1.165, 1.54) is 0 Å². The lowest BCUT2D eigenvalue weighted by Crippen LogP contribution is -2.65.